The van der Waals surface area contributed by atoms with E-state index in [1.807, 2.05) is 12.1 Å². The fourth-order valence-corrected chi connectivity index (χ4v) is 3.80. The lowest BCUT2D eigenvalue weighted by molar-refractivity contribution is 0.0734. The Hall–Kier alpha value is -2.16. The summed E-state index contributed by atoms with van der Waals surface area (Å²) in [5, 5.41) is 0. The van der Waals surface area contributed by atoms with Crippen LogP contribution in [-0.4, -0.2) is 5.97 Å². The summed E-state index contributed by atoms with van der Waals surface area (Å²) in [5.74, 6) is -0.485. The molecule has 2 aromatic carbocycles. The van der Waals surface area contributed by atoms with Crippen LogP contribution in [0, 0.1) is 5.82 Å². The van der Waals surface area contributed by atoms with Crippen LogP contribution < -0.4 is 4.74 Å². The molecule has 0 unspecified atom stereocenters. The Bertz CT molecular complexity index is 767. The molecule has 0 heterocycles. The van der Waals surface area contributed by atoms with Crippen molar-refractivity contribution in [2.75, 3.05) is 0 Å². The summed E-state index contributed by atoms with van der Waals surface area (Å²) >= 11 is 0. The van der Waals surface area contributed by atoms with Crippen LogP contribution >= 0.6 is 0 Å². The van der Waals surface area contributed by atoms with E-state index >= 15 is 0 Å². The van der Waals surface area contributed by atoms with Gasteiger partial charge >= 0.3 is 5.97 Å². The van der Waals surface area contributed by atoms with Crippen molar-refractivity contribution in [3.8, 4) is 5.75 Å². The van der Waals surface area contributed by atoms with Crippen LogP contribution in [0.15, 0.2) is 42.5 Å². The van der Waals surface area contributed by atoms with Gasteiger partial charge in [-0.15, -0.1) is 0 Å². The van der Waals surface area contributed by atoms with Gasteiger partial charge in [-0.25, -0.2) is 9.18 Å². The minimum atomic E-state index is -0.446. The molecule has 0 atom stereocenters. The van der Waals surface area contributed by atoms with Gasteiger partial charge in [-0.2, -0.15) is 0 Å². The minimum Gasteiger partial charge on any atom is -0.423 e. The maximum atomic E-state index is 14.4. The lowest BCUT2D eigenvalue weighted by atomic mass is 10.0. The van der Waals surface area contributed by atoms with Crippen LogP contribution in [0.1, 0.15) is 106 Å². The van der Waals surface area contributed by atoms with Crippen LogP contribution in [0.5, 0.6) is 5.75 Å². The zero-order chi connectivity index (χ0) is 22.3. The van der Waals surface area contributed by atoms with Crippen molar-refractivity contribution in [1.82, 2.24) is 0 Å². The first-order chi connectivity index (χ1) is 15.1. The normalized spacial score (nSPS) is 10.9. The van der Waals surface area contributed by atoms with Gasteiger partial charge in [0, 0.05) is 6.07 Å². The van der Waals surface area contributed by atoms with Crippen LogP contribution in [0.2, 0.25) is 0 Å². The summed E-state index contributed by atoms with van der Waals surface area (Å²) in [6.45, 7) is 4.42. The van der Waals surface area contributed by atoms with E-state index < -0.39 is 5.97 Å². The van der Waals surface area contributed by atoms with Crippen LogP contribution in [0.4, 0.5) is 4.39 Å². The lowest BCUT2D eigenvalue weighted by Gasteiger charge is -2.08. The third-order valence-electron chi connectivity index (χ3n) is 5.79. The van der Waals surface area contributed by atoms with Gasteiger partial charge in [0.1, 0.15) is 11.6 Å². The number of esters is 1. The van der Waals surface area contributed by atoms with Crippen LogP contribution in [-0.2, 0) is 12.8 Å². The largest absolute Gasteiger partial charge is 0.423 e. The van der Waals surface area contributed by atoms with Crippen molar-refractivity contribution >= 4 is 5.97 Å². The SMILES string of the molecule is CCCCCCCCc1ccc(C(=O)Oc2ccc(CCCCCCC)c(F)c2)cc1. The number of benzene rings is 2. The molecule has 2 aromatic rings. The molecule has 3 heteroatoms. The maximum absolute atomic E-state index is 14.4. The molecule has 0 bridgehead atoms. The molecule has 0 amide bonds. The smallest absolute Gasteiger partial charge is 0.343 e. The number of hydrogen-bond acceptors (Lipinski definition) is 2. The summed E-state index contributed by atoms with van der Waals surface area (Å²) in [6, 6.07) is 12.3. The number of hydrogen-bond donors (Lipinski definition) is 0. The predicted octanol–water partition coefficient (Wildman–Crippen LogP) is 8.46. The zero-order valence-corrected chi connectivity index (χ0v) is 19.4. The van der Waals surface area contributed by atoms with Gasteiger partial charge in [-0.3, -0.25) is 0 Å². The van der Waals surface area contributed by atoms with Crippen LogP contribution in [0.3, 0.4) is 0 Å². The molecule has 0 N–H and O–H groups in total. The first-order valence-corrected chi connectivity index (χ1v) is 12.2. The summed E-state index contributed by atoms with van der Waals surface area (Å²) in [7, 11) is 0. The highest BCUT2D eigenvalue weighted by atomic mass is 19.1. The van der Waals surface area contributed by atoms with Crippen molar-refractivity contribution in [2.24, 2.45) is 0 Å². The van der Waals surface area contributed by atoms with Crippen molar-refractivity contribution in [2.45, 2.75) is 97.3 Å². The van der Waals surface area contributed by atoms with Crippen molar-refractivity contribution in [3.63, 3.8) is 0 Å². The molecule has 0 spiro atoms. The number of carbonyl (C=O) groups is 1. The van der Waals surface area contributed by atoms with E-state index in [9.17, 15) is 9.18 Å². The highest BCUT2D eigenvalue weighted by Crippen LogP contribution is 2.20. The molecule has 0 radical (unpaired) electrons. The lowest BCUT2D eigenvalue weighted by Crippen LogP contribution is -2.09. The van der Waals surface area contributed by atoms with E-state index in [1.54, 1.807) is 24.3 Å². The van der Waals surface area contributed by atoms with Gasteiger partial charge in [0.2, 0.25) is 0 Å². The Morgan fingerprint density at radius 2 is 1.32 bits per heavy atom. The summed E-state index contributed by atoms with van der Waals surface area (Å²) in [6.07, 6.45) is 15.2. The van der Waals surface area contributed by atoms with Gasteiger partial charge in [-0.1, -0.05) is 89.8 Å². The number of ether oxygens (including phenoxy) is 1. The molecule has 170 valence electrons. The molecule has 0 aliphatic rings. The molecular formula is C28H39FO2. The Kier molecular flexibility index (Phi) is 12.0. The quantitative estimate of drug-likeness (QED) is 0.162. The molecule has 0 saturated heterocycles. The Balaban J connectivity index is 1.78. The number of rotatable bonds is 15. The van der Waals surface area contributed by atoms with E-state index in [1.165, 1.54) is 69.4 Å². The molecule has 0 aromatic heterocycles. The van der Waals surface area contributed by atoms with E-state index in [-0.39, 0.29) is 11.6 Å². The zero-order valence-electron chi connectivity index (χ0n) is 19.4. The molecular weight excluding hydrogens is 387 g/mol. The standard InChI is InChI=1S/C28H39FO2/c1-3-5-7-9-11-12-14-23-16-18-25(19-17-23)28(30)31-26-21-20-24(27(29)22-26)15-13-10-8-6-4-2/h16-22H,3-15H2,1-2H3. The average molecular weight is 427 g/mol. The summed E-state index contributed by atoms with van der Waals surface area (Å²) < 4.78 is 19.7. The van der Waals surface area contributed by atoms with Gasteiger partial charge in [0.15, 0.2) is 0 Å². The molecule has 0 saturated carbocycles. The topological polar surface area (TPSA) is 26.3 Å². The van der Waals surface area contributed by atoms with E-state index in [4.69, 9.17) is 4.74 Å². The van der Waals surface area contributed by atoms with Crippen molar-refractivity contribution < 1.29 is 13.9 Å². The molecule has 2 rings (SSSR count). The highest BCUT2D eigenvalue weighted by Gasteiger charge is 2.11. The predicted molar refractivity (Wildman–Crippen MR) is 127 cm³/mol. The Labute approximate surface area is 188 Å². The van der Waals surface area contributed by atoms with Crippen LogP contribution in [0.25, 0.3) is 0 Å². The molecule has 0 fully saturated rings. The summed E-state index contributed by atoms with van der Waals surface area (Å²) in [4.78, 5) is 12.4. The molecule has 2 nitrogen and oxygen atoms in total. The molecule has 0 aliphatic heterocycles. The van der Waals surface area contributed by atoms with Gasteiger partial charge < -0.3 is 4.74 Å². The number of unbranched alkanes of at least 4 members (excludes halogenated alkanes) is 9. The van der Waals surface area contributed by atoms with Crippen molar-refractivity contribution in [1.29, 1.82) is 0 Å². The number of carbonyl (C=O) groups excluding carboxylic acids is 1. The second kappa shape index (κ2) is 14.8. The molecule has 31 heavy (non-hydrogen) atoms. The van der Waals surface area contributed by atoms with Gasteiger partial charge in [0.05, 0.1) is 5.56 Å². The minimum absolute atomic E-state index is 0.258. The summed E-state index contributed by atoms with van der Waals surface area (Å²) in [5.41, 5.74) is 2.42. The number of halogens is 1. The average Bonchev–Trinajstić information content (AvgIpc) is 2.77. The Morgan fingerprint density at radius 1 is 0.742 bits per heavy atom. The van der Waals surface area contributed by atoms with E-state index in [2.05, 4.69) is 13.8 Å². The fraction of sp³-hybridized carbons (Fsp3) is 0.536. The van der Waals surface area contributed by atoms with Crippen molar-refractivity contribution in [3.05, 3.63) is 65.0 Å². The Morgan fingerprint density at radius 3 is 1.94 bits per heavy atom. The van der Waals surface area contributed by atoms with Gasteiger partial charge in [-0.05, 0) is 55.0 Å². The maximum Gasteiger partial charge on any atom is 0.343 e. The first-order valence-electron chi connectivity index (χ1n) is 12.2. The monoisotopic (exact) mass is 426 g/mol. The third-order valence-corrected chi connectivity index (χ3v) is 5.79. The first kappa shape index (κ1) is 25.1. The van der Waals surface area contributed by atoms with E-state index in [0.29, 0.717) is 11.1 Å². The number of aryl methyl sites for hydroxylation is 2. The third kappa shape index (κ3) is 9.67. The molecule has 0 aliphatic carbocycles. The second-order valence-electron chi connectivity index (χ2n) is 8.52. The van der Waals surface area contributed by atoms with E-state index in [0.717, 1.165) is 25.7 Å². The highest BCUT2D eigenvalue weighted by molar-refractivity contribution is 5.91. The second-order valence-corrected chi connectivity index (χ2v) is 8.52. The van der Waals surface area contributed by atoms with Gasteiger partial charge in [0.25, 0.3) is 0 Å². The fourth-order valence-electron chi connectivity index (χ4n) is 3.80.